The van der Waals surface area contributed by atoms with Crippen molar-refractivity contribution >= 4 is 15.9 Å². The molecule has 2 heteroatoms. The fourth-order valence-corrected chi connectivity index (χ4v) is 3.12. The van der Waals surface area contributed by atoms with Crippen molar-refractivity contribution < 1.29 is 0 Å². The van der Waals surface area contributed by atoms with Gasteiger partial charge >= 0.3 is 0 Å². The molecule has 0 saturated heterocycles. The highest BCUT2D eigenvalue weighted by Gasteiger charge is 2.30. The van der Waals surface area contributed by atoms with E-state index in [-0.39, 0.29) is 0 Å². The van der Waals surface area contributed by atoms with Gasteiger partial charge in [-0.25, -0.2) is 0 Å². The van der Waals surface area contributed by atoms with E-state index in [1.807, 2.05) is 0 Å². The minimum atomic E-state index is 0.505. The van der Waals surface area contributed by atoms with Crippen molar-refractivity contribution in [1.82, 2.24) is 4.90 Å². The Morgan fingerprint density at radius 1 is 1.20 bits per heavy atom. The Hall–Kier alpha value is 0.440. The van der Waals surface area contributed by atoms with Gasteiger partial charge in [-0.1, -0.05) is 36.7 Å². The van der Waals surface area contributed by atoms with Crippen molar-refractivity contribution in [2.24, 2.45) is 11.3 Å². The highest BCUT2D eigenvalue weighted by Crippen LogP contribution is 2.33. The molecule has 1 saturated carbocycles. The summed E-state index contributed by atoms with van der Waals surface area (Å²) in [5, 5.41) is 1.15. The zero-order chi connectivity index (χ0) is 11.3. The summed E-state index contributed by atoms with van der Waals surface area (Å²) in [6.45, 7) is 10.8. The van der Waals surface area contributed by atoms with Crippen molar-refractivity contribution in [2.45, 2.75) is 46.5 Å². The summed E-state index contributed by atoms with van der Waals surface area (Å²) in [7, 11) is 0. The molecular weight excluding hydrogens is 250 g/mol. The zero-order valence-corrected chi connectivity index (χ0v) is 12.1. The predicted molar refractivity (Wildman–Crippen MR) is 71.6 cm³/mol. The van der Waals surface area contributed by atoms with Gasteiger partial charge < -0.3 is 4.90 Å². The molecule has 0 aromatic rings. The van der Waals surface area contributed by atoms with E-state index in [9.17, 15) is 0 Å². The minimum Gasteiger partial charge on any atom is -0.303 e. The maximum absolute atomic E-state index is 3.71. The maximum atomic E-state index is 3.71. The molecule has 0 N–H and O–H groups in total. The van der Waals surface area contributed by atoms with Crippen molar-refractivity contribution in [3.8, 4) is 0 Å². The smallest absolute Gasteiger partial charge is 0.01000 e. The van der Waals surface area contributed by atoms with E-state index in [0.29, 0.717) is 5.41 Å². The van der Waals surface area contributed by atoms with E-state index < -0.39 is 0 Å². The third-order valence-corrected chi connectivity index (χ3v) is 5.19. The first-order valence-corrected chi connectivity index (χ1v) is 7.60. The average molecular weight is 276 g/mol. The number of alkyl halides is 1. The molecule has 0 amide bonds. The largest absolute Gasteiger partial charge is 0.303 e. The van der Waals surface area contributed by atoms with Gasteiger partial charge in [-0.05, 0) is 43.6 Å². The molecule has 0 unspecified atom stereocenters. The molecule has 0 aromatic heterocycles. The van der Waals surface area contributed by atoms with Crippen LogP contribution in [-0.4, -0.2) is 29.9 Å². The Bertz CT molecular complexity index is 165. The van der Waals surface area contributed by atoms with Gasteiger partial charge in [-0.2, -0.15) is 0 Å². The molecule has 0 atom stereocenters. The number of nitrogens with zero attached hydrogens (tertiary/aromatic N) is 1. The van der Waals surface area contributed by atoms with Crippen molar-refractivity contribution in [3.05, 3.63) is 0 Å². The Balaban J connectivity index is 2.44. The van der Waals surface area contributed by atoms with Gasteiger partial charge in [-0.15, -0.1) is 0 Å². The van der Waals surface area contributed by atoms with E-state index in [2.05, 4.69) is 41.6 Å². The average Bonchev–Trinajstić information content (AvgIpc) is 3.08. The number of hydrogen-bond acceptors (Lipinski definition) is 1. The maximum Gasteiger partial charge on any atom is 0.01000 e. The van der Waals surface area contributed by atoms with Gasteiger partial charge in [0.1, 0.15) is 0 Å². The standard InChI is InChI=1S/C13H26BrN/c1-4-13(5-2,10-14)11-15(6-3)9-12-7-8-12/h12H,4-11H2,1-3H3. The monoisotopic (exact) mass is 275 g/mol. The SMILES string of the molecule is CCN(CC1CC1)CC(CC)(CC)CBr. The summed E-state index contributed by atoms with van der Waals surface area (Å²) in [6, 6.07) is 0. The normalized spacial score (nSPS) is 17.4. The molecule has 90 valence electrons. The molecule has 0 bridgehead atoms. The lowest BCUT2D eigenvalue weighted by molar-refractivity contribution is 0.159. The van der Waals surface area contributed by atoms with Crippen molar-refractivity contribution in [2.75, 3.05) is 25.0 Å². The van der Waals surface area contributed by atoms with Crippen LogP contribution in [0.3, 0.4) is 0 Å². The Morgan fingerprint density at radius 3 is 2.13 bits per heavy atom. The van der Waals surface area contributed by atoms with Crippen molar-refractivity contribution in [3.63, 3.8) is 0 Å². The molecule has 1 fully saturated rings. The summed E-state index contributed by atoms with van der Waals surface area (Å²) in [6.07, 6.45) is 5.51. The fourth-order valence-electron chi connectivity index (χ4n) is 2.15. The van der Waals surface area contributed by atoms with E-state index in [0.717, 1.165) is 11.2 Å². The molecule has 1 aliphatic rings. The lowest BCUT2D eigenvalue weighted by atomic mass is 9.84. The van der Waals surface area contributed by atoms with Crippen LogP contribution in [0.25, 0.3) is 0 Å². The molecule has 1 rings (SSSR count). The molecule has 15 heavy (non-hydrogen) atoms. The number of rotatable bonds is 8. The van der Waals surface area contributed by atoms with E-state index in [1.54, 1.807) is 0 Å². The van der Waals surface area contributed by atoms with Crippen molar-refractivity contribution in [1.29, 1.82) is 0 Å². The fraction of sp³-hybridized carbons (Fsp3) is 1.00. The first-order valence-electron chi connectivity index (χ1n) is 6.48. The van der Waals surface area contributed by atoms with Crippen LogP contribution in [-0.2, 0) is 0 Å². The zero-order valence-electron chi connectivity index (χ0n) is 10.6. The Kier molecular flexibility index (Phi) is 5.62. The summed E-state index contributed by atoms with van der Waals surface area (Å²) in [5.41, 5.74) is 0.505. The predicted octanol–water partition coefficient (Wildman–Crippen LogP) is 3.92. The summed E-state index contributed by atoms with van der Waals surface area (Å²) < 4.78 is 0. The van der Waals surface area contributed by atoms with Crippen LogP contribution in [0, 0.1) is 11.3 Å². The Labute approximate surface area is 104 Å². The molecule has 1 aliphatic carbocycles. The third kappa shape index (κ3) is 4.07. The number of hydrogen-bond donors (Lipinski definition) is 0. The van der Waals surface area contributed by atoms with Crippen LogP contribution in [0.1, 0.15) is 46.5 Å². The van der Waals surface area contributed by atoms with Crippen LogP contribution in [0.4, 0.5) is 0 Å². The second-order valence-corrected chi connectivity index (χ2v) is 5.67. The lowest BCUT2D eigenvalue weighted by Crippen LogP contribution is -2.39. The molecule has 1 nitrogen and oxygen atoms in total. The van der Waals surface area contributed by atoms with Crippen LogP contribution in [0.15, 0.2) is 0 Å². The first-order chi connectivity index (χ1) is 7.19. The number of halogens is 1. The highest BCUT2D eigenvalue weighted by atomic mass is 79.9. The van der Waals surface area contributed by atoms with Gasteiger partial charge in [0, 0.05) is 18.4 Å². The Morgan fingerprint density at radius 2 is 1.80 bits per heavy atom. The first kappa shape index (κ1) is 13.5. The molecule has 0 spiro atoms. The second-order valence-electron chi connectivity index (χ2n) is 5.11. The van der Waals surface area contributed by atoms with Gasteiger partial charge in [0.15, 0.2) is 0 Å². The topological polar surface area (TPSA) is 3.24 Å². The van der Waals surface area contributed by atoms with E-state index >= 15 is 0 Å². The molecule has 0 aromatic carbocycles. The van der Waals surface area contributed by atoms with E-state index in [4.69, 9.17) is 0 Å². The van der Waals surface area contributed by atoms with E-state index in [1.165, 1.54) is 45.3 Å². The molecule has 0 aliphatic heterocycles. The molecule has 0 heterocycles. The third-order valence-electron chi connectivity index (χ3n) is 4.00. The summed E-state index contributed by atoms with van der Waals surface area (Å²) in [5.74, 6) is 1.02. The summed E-state index contributed by atoms with van der Waals surface area (Å²) in [4.78, 5) is 2.66. The molecular formula is C13H26BrN. The minimum absolute atomic E-state index is 0.505. The highest BCUT2D eigenvalue weighted by molar-refractivity contribution is 9.09. The quantitative estimate of drug-likeness (QED) is 0.607. The van der Waals surface area contributed by atoms with Gasteiger partial charge in [-0.3, -0.25) is 0 Å². The van der Waals surface area contributed by atoms with Crippen LogP contribution in [0.2, 0.25) is 0 Å². The second kappa shape index (κ2) is 6.24. The van der Waals surface area contributed by atoms with Crippen LogP contribution in [0.5, 0.6) is 0 Å². The molecule has 0 radical (unpaired) electrons. The lowest BCUT2D eigenvalue weighted by Gasteiger charge is -2.35. The summed E-state index contributed by atoms with van der Waals surface area (Å²) >= 11 is 3.71. The van der Waals surface area contributed by atoms with Crippen LogP contribution < -0.4 is 0 Å². The van der Waals surface area contributed by atoms with Gasteiger partial charge in [0.2, 0.25) is 0 Å². The van der Waals surface area contributed by atoms with Gasteiger partial charge in [0.05, 0.1) is 0 Å². The van der Waals surface area contributed by atoms with Crippen LogP contribution >= 0.6 is 15.9 Å². The van der Waals surface area contributed by atoms with Gasteiger partial charge in [0.25, 0.3) is 0 Å².